The summed E-state index contributed by atoms with van der Waals surface area (Å²) < 4.78 is 15.9. The number of hydrogen-bond acceptors (Lipinski definition) is 4. The highest BCUT2D eigenvalue weighted by atomic mass is 28.4. The van der Waals surface area contributed by atoms with Crippen molar-refractivity contribution < 1.29 is 18.1 Å². The van der Waals surface area contributed by atoms with Crippen LogP contribution in [0.4, 0.5) is 0 Å². The molecule has 0 aromatic carbocycles. The molecular formula is C8H19NO4Si. The van der Waals surface area contributed by atoms with Gasteiger partial charge in [-0.1, -0.05) is 13.3 Å². The zero-order valence-corrected chi connectivity index (χ0v) is 10.3. The third-order valence-corrected chi connectivity index (χ3v) is 4.73. The van der Waals surface area contributed by atoms with Gasteiger partial charge in [-0.05, 0) is 0 Å². The number of rotatable bonds is 7. The first-order valence-electron chi connectivity index (χ1n) is 4.59. The summed E-state index contributed by atoms with van der Waals surface area (Å²) in [7, 11) is 0.612. The van der Waals surface area contributed by atoms with Crippen LogP contribution in [0.15, 0.2) is 0 Å². The Balaban J connectivity index is 4.00. The quantitative estimate of drug-likeness (QED) is 0.509. The predicted octanol–water partition coefficient (Wildman–Crippen LogP) is 0.738. The Labute approximate surface area is 86.1 Å². The van der Waals surface area contributed by atoms with Crippen LogP contribution in [0.5, 0.6) is 0 Å². The van der Waals surface area contributed by atoms with Crippen LogP contribution in [0.1, 0.15) is 20.3 Å². The summed E-state index contributed by atoms with van der Waals surface area (Å²) >= 11 is 0. The summed E-state index contributed by atoms with van der Waals surface area (Å²) in [5.41, 5.74) is 0. The van der Waals surface area contributed by atoms with Gasteiger partial charge in [0.25, 0.3) is 0 Å². The monoisotopic (exact) mass is 221 g/mol. The van der Waals surface area contributed by atoms with E-state index >= 15 is 0 Å². The third-order valence-electron chi connectivity index (χ3n) is 1.79. The number of nitrogens with one attached hydrogen (secondary N) is 1. The molecule has 0 saturated heterocycles. The van der Waals surface area contributed by atoms with Crippen LogP contribution in [-0.2, 0) is 18.1 Å². The molecule has 0 aliphatic heterocycles. The largest absolute Gasteiger partial charge is 0.501 e. The molecule has 5 nitrogen and oxygen atoms in total. The molecule has 1 N–H and O–H groups in total. The van der Waals surface area contributed by atoms with E-state index in [9.17, 15) is 4.79 Å². The van der Waals surface area contributed by atoms with Crippen LogP contribution in [-0.4, -0.2) is 35.7 Å². The minimum absolute atomic E-state index is 0.128. The van der Waals surface area contributed by atoms with Crippen LogP contribution in [0.25, 0.3) is 0 Å². The fourth-order valence-electron chi connectivity index (χ4n) is 1.03. The molecule has 0 aromatic heterocycles. The predicted molar refractivity (Wildman–Crippen MR) is 54.6 cm³/mol. The topological polar surface area (TPSA) is 56.8 Å². The second-order valence-electron chi connectivity index (χ2n) is 2.86. The molecule has 0 radical (unpaired) electrons. The Bertz CT molecular complexity index is 173. The summed E-state index contributed by atoms with van der Waals surface area (Å²) in [5.74, 6) is -0.128. The maximum atomic E-state index is 10.6. The van der Waals surface area contributed by atoms with E-state index in [1.807, 2.05) is 6.92 Å². The second-order valence-corrected chi connectivity index (χ2v) is 5.83. The maximum Gasteiger partial charge on any atom is 0.501 e. The van der Waals surface area contributed by atoms with E-state index in [4.69, 9.17) is 13.3 Å². The molecule has 0 atom stereocenters. The van der Waals surface area contributed by atoms with Crippen molar-refractivity contribution >= 4 is 14.7 Å². The molecule has 84 valence electrons. The van der Waals surface area contributed by atoms with Crippen LogP contribution >= 0.6 is 0 Å². The van der Waals surface area contributed by atoms with E-state index in [1.54, 1.807) is 14.2 Å². The standard InChI is InChI=1S/C8H19NO4Si/c1-5-6-14(11-3,12-4)13-7-9-8(2)10/h5-7H2,1-4H3,(H,9,10). The minimum Gasteiger partial charge on any atom is -0.377 e. The maximum absolute atomic E-state index is 10.6. The van der Waals surface area contributed by atoms with E-state index in [-0.39, 0.29) is 12.6 Å². The highest BCUT2D eigenvalue weighted by Crippen LogP contribution is 2.14. The second kappa shape index (κ2) is 6.94. The van der Waals surface area contributed by atoms with Gasteiger partial charge >= 0.3 is 8.80 Å². The first-order chi connectivity index (χ1) is 6.60. The van der Waals surface area contributed by atoms with Gasteiger partial charge in [0.05, 0.1) is 0 Å². The van der Waals surface area contributed by atoms with E-state index < -0.39 is 8.80 Å². The lowest BCUT2D eigenvalue weighted by Gasteiger charge is -2.25. The van der Waals surface area contributed by atoms with Crippen molar-refractivity contribution in [3.8, 4) is 0 Å². The number of carbonyl (C=O) groups is 1. The van der Waals surface area contributed by atoms with Gasteiger partial charge < -0.3 is 18.6 Å². The van der Waals surface area contributed by atoms with Gasteiger partial charge in [-0.3, -0.25) is 4.79 Å². The fourth-order valence-corrected chi connectivity index (χ4v) is 2.89. The van der Waals surface area contributed by atoms with Crippen LogP contribution in [0.3, 0.4) is 0 Å². The first kappa shape index (κ1) is 13.6. The lowest BCUT2D eigenvalue weighted by Crippen LogP contribution is -2.46. The normalized spacial score (nSPS) is 11.4. The fraction of sp³-hybridized carbons (Fsp3) is 0.875. The average molecular weight is 221 g/mol. The summed E-state index contributed by atoms with van der Waals surface area (Å²) in [4.78, 5) is 10.6. The van der Waals surface area contributed by atoms with Crippen molar-refractivity contribution in [1.29, 1.82) is 0 Å². The summed E-state index contributed by atoms with van der Waals surface area (Å²) in [6.45, 7) is 3.61. The Morgan fingerprint density at radius 2 is 1.93 bits per heavy atom. The number of amides is 1. The molecule has 0 fully saturated rings. The molecule has 1 amide bonds. The molecule has 0 bridgehead atoms. The van der Waals surface area contributed by atoms with E-state index in [0.29, 0.717) is 0 Å². The van der Waals surface area contributed by atoms with Crippen LogP contribution < -0.4 is 5.32 Å². The summed E-state index contributed by atoms with van der Waals surface area (Å²) in [6.07, 6.45) is 0.925. The van der Waals surface area contributed by atoms with Gasteiger partial charge in [-0.2, -0.15) is 0 Å². The third kappa shape index (κ3) is 4.71. The number of hydrogen-bond donors (Lipinski definition) is 1. The minimum atomic E-state index is -2.53. The molecule has 14 heavy (non-hydrogen) atoms. The highest BCUT2D eigenvalue weighted by molar-refractivity contribution is 6.60. The van der Waals surface area contributed by atoms with Crippen LogP contribution in [0.2, 0.25) is 6.04 Å². The molecular weight excluding hydrogens is 202 g/mol. The molecule has 0 unspecified atom stereocenters. The first-order valence-corrected chi connectivity index (χ1v) is 6.52. The van der Waals surface area contributed by atoms with E-state index in [0.717, 1.165) is 12.5 Å². The molecule has 0 aliphatic rings. The van der Waals surface area contributed by atoms with Gasteiger partial charge in [0.2, 0.25) is 5.91 Å². The van der Waals surface area contributed by atoms with E-state index in [2.05, 4.69) is 5.32 Å². The van der Waals surface area contributed by atoms with Crippen molar-refractivity contribution in [2.75, 3.05) is 21.0 Å². The lowest BCUT2D eigenvalue weighted by atomic mass is 10.6. The Kier molecular flexibility index (Phi) is 6.72. The zero-order chi connectivity index (χ0) is 11.0. The molecule has 6 heteroatoms. The summed E-state index contributed by atoms with van der Waals surface area (Å²) in [6, 6.07) is 0.750. The van der Waals surface area contributed by atoms with Gasteiger partial charge in [0.1, 0.15) is 6.73 Å². The zero-order valence-electron chi connectivity index (χ0n) is 9.25. The van der Waals surface area contributed by atoms with Crippen molar-refractivity contribution in [2.45, 2.75) is 26.3 Å². The molecule has 0 aliphatic carbocycles. The lowest BCUT2D eigenvalue weighted by molar-refractivity contribution is -0.120. The van der Waals surface area contributed by atoms with Gasteiger partial charge in [-0.15, -0.1) is 0 Å². The molecule has 0 rings (SSSR count). The molecule has 0 saturated carbocycles. The summed E-state index contributed by atoms with van der Waals surface area (Å²) in [5, 5.41) is 2.54. The van der Waals surface area contributed by atoms with E-state index in [1.165, 1.54) is 6.92 Å². The van der Waals surface area contributed by atoms with Crippen molar-refractivity contribution in [2.24, 2.45) is 0 Å². The molecule has 0 aromatic rings. The average Bonchev–Trinajstić information content (AvgIpc) is 2.16. The Hall–Kier alpha value is -0.433. The van der Waals surface area contributed by atoms with Gasteiger partial charge in [0.15, 0.2) is 0 Å². The van der Waals surface area contributed by atoms with Crippen molar-refractivity contribution in [3.63, 3.8) is 0 Å². The molecule has 0 spiro atoms. The highest BCUT2D eigenvalue weighted by Gasteiger charge is 2.37. The van der Waals surface area contributed by atoms with Gasteiger partial charge in [0, 0.05) is 27.2 Å². The smallest absolute Gasteiger partial charge is 0.377 e. The van der Waals surface area contributed by atoms with Crippen molar-refractivity contribution in [3.05, 3.63) is 0 Å². The van der Waals surface area contributed by atoms with Crippen molar-refractivity contribution in [1.82, 2.24) is 5.32 Å². The van der Waals surface area contributed by atoms with Gasteiger partial charge in [-0.25, -0.2) is 0 Å². The Morgan fingerprint density at radius 1 is 1.36 bits per heavy atom. The number of carbonyl (C=O) groups excluding carboxylic acids is 1. The molecule has 0 heterocycles. The van der Waals surface area contributed by atoms with Crippen LogP contribution in [0, 0.1) is 0 Å². The Morgan fingerprint density at radius 3 is 2.29 bits per heavy atom. The SMILES string of the molecule is CCC[Si](OC)(OC)OCNC(C)=O.